The summed E-state index contributed by atoms with van der Waals surface area (Å²) in [5.41, 5.74) is 11.6. The molecule has 0 atom stereocenters. The molecule has 0 bridgehead atoms. The predicted octanol–water partition coefficient (Wildman–Crippen LogP) is 10.5. The molecule has 4 heteroatoms. The lowest BCUT2D eigenvalue weighted by Crippen LogP contribution is -1.92. The van der Waals surface area contributed by atoms with Gasteiger partial charge in [0, 0.05) is 43.8 Å². The standard InChI is InChI=1S/C42H26N4/c1-3-7-27(8-4-1)35-23-19-31-15-17-33-21-25-37(45-41(33)39(31)43-35)29-11-13-30(14-12-29)38-26-22-34-18-16-32-20-24-36(28-9-5-2-6-10-28)44-40(32)42(34)46-38/h1-26H. The van der Waals surface area contributed by atoms with E-state index in [1.165, 1.54) is 0 Å². The summed E-state index contributed by atoms with van der Waals surface area (Å²) < 4.78 is 0. The van der Waals surface area contributed by atoms with Gasteiger partial charge in [-0.15, -0.1) is 0 Å². The van der Waals surface area contributed by atoms with Gasteiger partial charge in [0.05, 0.1) is 44.8 Å². The van der Waals surface area contributed by atoms with E-state index >= 15 is 0 Å². The molecule has 9 aromatic rings. The van der Waals surface area contributed by atoms with Crippen molar-refractivity contribution in [3.63, 3.8) is 0 Å². The first-order valence-corrected chi connectivity index (χ1v) is 15.4. The number of nitrogens with zero attached hydrogens (tertiary/aromatic N) is 4. The van der Waals surface area contributed by atoms with Crippen molar-refractivity contribution in [2.75, 3.05) is 0 Å². The number of aromatic nitrogens is 4. The van der Waals surface area contributed by atoms with Crippen molar-refractivity contribution in [2.45, 2.75) is 0 Å². The Hall–Kier alpha value is -6.26. The summed E-state index contributed by atoms with van der Waals surface area (Å²) >= 11 is 0. The molecule has 0 radical (unpaired) electrons. The Morgan fingerprint density at radius 3 is 0.739 bits per heavy atom. The zero-order chi connectivity index (χ0) is 30.5. The summed E-state index contributed by atoms with van der Waals surface area (Å²) in [7, 11) is 0. The first kappa shape index (κ1) is 26.2. The Kier molecular flexibility index (Phi) is 6.10. The molecule has 0 aliphatic rings. The van der Waals surface area contributed by atoms with Crippen molar-refractivity contribution < 1.29 is 0 Å². The van der Waals surface area contributed by atoms with E-state index < -0.39 is 0 Å². The van der Waals surface area contributed by atoms with Gasteiger partial charge in [-0.2, -0.15) is 0 Å². The van der Waals surface area contributed by atoms with Crippen LogP contribution < -0.4 is 0 Å². The van der Waals surface area contributed by atoms with E-state index in [4.69, 9.17) is 19.9 Å². The van der Waals surface area contributed by atoms with Gasteiger partial charge in [0.15, 0.2) is 0 Å². The molecule has 0 spiro atoms. The minimum atomic E-state index is 0.905. The van der Waals surface area contributed by atoms with Crippen LogP contribution in [0.5, 0.6) is 0 Å². The van der Waals surface area contributed by atoms with Crippen molar-refractivity contribution in [3.05, 3.63) is 158 Å². The lowest BCUT2D eigenvalue weighted by molar-refractivity contribution is 1.36. The Morgan fingerprint density at radius 1 is 0.217 bits per heavy atom. The molecule has 0 N–H and O–H groups in total. The van der Waals surface area contributed by atoms with Crippen LogP contribution in [-0.4, -0.2) is 19.9 Å². The van der Waals surface area contributed by atoms with Gasteiger partial charge in [0.2, 0.25) is 0 Å². The van der Waals surface area contributed by atoms with Gasteiger partial charge in [-0.05, 0) is 24.3 Å². The van der Waals surface area contributed by atoms with E-state index in [-0.39, 0.29) is 0 Å². The summed E-state index contributed by atoms with van der Waals surface area (Å²) in [6.45, 7) is 0. The van der Waals surface area contributed by atoms with E-state index in [9.17, 15) is 0 Å². The molecule has 0 amide bonds. The van der Waals surface area contributed by atoms with Crippen LogP contribution in [0.4, 0.5) is 0 Å². The molecule has 0 saturated heterocycles. The minimum Gasteiger partial charge on any atom is -0.245 e. The molecule has 46 heavy (non-hydrogen) atoms. The Labute approximate surface area is 265 Å². The molecule has 9 rings (SSSR count). The second kappa shape index (κ2) is 10.7. The van der Waals surface area contributed by atoms with Crippen molar-refractivity contribution in [1.82, 2.24) is 19.9 Å². The summed E-state index contributed by atoms with van der Waals surface area (Å²) in [5.74, 6) is 0. The molecule has 0 aliphatic heterocycles. The van der Waals surface area contributed by atoms with Gasteiger partial charge >= 0.3 is 0 Å². The maximum absolute atomic E-state index is 5.13. The van der Waals surface area contributed by atoms with Crippen LogP contribution in [0.3, 0.4) is 0 Å². The SMILES string of the molecule is c1ccc(-c2ccc3ccc4ccc(-c5ccc(-c6ccc7ccc8ccc(-c9ccccc9)nc8c7n6)cc5)nc4c3n2)cc1. The average molecular weight is 587 g/mol. The highest BCUT2D eigenvalue weighted by Gasteiger charge is 2.11. The first-order valence-electron chi connectivity index (χ1n) is 15.4. The van der Waals surface area contributed by atoms with Gasteiger partial charge in [-0.3, -0.25) is 0 Å². The van der Waals surface area contributed by atoms with E-state index in [1.807, 2.05) is 36.4 Å². The zero-order valence-electron chi connectivity index (χ0n) is 24.8. The summed E-state index contributed by atoms with van der Waals surface area (Å²) in [6, 6.07) is 54.4. The van der Waals surface area contributed by atoms with Crippen LogP contribution >= 0.6 is 0 Å². The minimum absolute atomic E-state index is 0.905. The fourth-order valence-corrected chi connectivity index (χ4v) is 6.21. The lowest BCUT2D eigenvalue weighted by Gasteiger charge is -2.10. The number of pyridine rings is 4. The molecule has 214 valence electrons. The molecular weight excluding hydrogens is 560 g/mol. The molecule has 0 fully saturated rings. The van der Waals surface area contributed by atoms with Crippen LogP contribution in [0.2, 0.25) is 0 Å². The normalized spacial score (nSPS) is 11.5. The van der Waals surface area contributed by atoms with Gasteiger partial charge in [-0.1, -0.05) is 133 Å². The molecule has 0 unspecified atom stereocenters. The summed E-state index contributed by atoms with van der Waals surface area (Å²) in [4.78, 5) is 20.4. The third-order valence-electron chi connectivity index (χ3n) is 8.65. The second-order valence-corrected chi connectivity index (χ2v) is 11.5. The molecule has 4 aromatic heterocycles. The van der Waals surface area contributed by atoms with Crippen LogP contribution in [0, 0.1) is 0 Å². The smallest absolute Gasteiger partial charge is 0.0972 e. The van der Waals surface area contributed by atoms with Gasteiger partial charge in [0.25, 0.3) is 0 Å². The van der Waals surface area contributed by atoms with Crippen molar-refractivity contribution in [1.29, 1.82) is 0 Å². The number of fused-ring (bicyclic) bond motifs is 6. The predicted molar refractivity (Wildman–Crippen MR) is 189 cm³/mol. The third-order valence-corrected chi connectivity index (χ3v) is 8.65. The number of hydrogen-bond acceptors (Lipinski definition) is 4. The molecular formula is C42H26N4. The third kappa shape index (κ3) is 4.56. The first-order chi connectivity index (χ1) is 22.8. The van der Waals surface area contributed by atoms with Gasteiger partial charge in [0.1, 0.15) is 0 Å². The van der Waals surface area contributed by atoms with Crippen molar-refractivity contribution in [3.8, 4) is 45.0 Å². The van der Waals surface area contributed by atoms with E-state index in [2.05, 4.69) is 121 Å². The van der Waals surface area contributed by atoms with Crippen LogP contribution in [-0.2, 0) is 0 Å². The fourth-order valence-electron chi connectivity index (χ4n) is 6.21. The van der Waals surface area contributed by atoms with E-state index in [0.29, 0.717) is 0 Å². The molecule has 0 aliphatic carbocycles. The van der Waals surface area contributed by atoms with Crippen molar-refractivity contribution in [2.24, 2.45) is 0 Å². The number of hydrogen-bond donors (Lipinski definition) is 0. The van der Waals surface area contributed by atoms with Crippen molar-refractivity contribution >= 4 is 43.6 Å². The molecule has 4 nitrogen and oxygen atoms in total. The highest BCUT2D eigenvalue weighted by atomic mass is 14.8. The van der Waals surface area contributed by atoms with Gasteiger partial charge < -0.3 is 0 Å². The fraction of sp³-hybridized carbons (Fsp3) is 0. The highest BCUT2D eigenvalue weighted by molar-refractivity contribution is 6.05. The highest BCUT2D eigenvalue weighted by Crippen LogP contribution is 2.31. The zero-order valence-corrected chi connectivity index (χ0v) is 24.8. The maximum Gasteiger partial charge on any atom is 0.0972 e. The summed E-state index contributed by atoms with van der Waals surface area (Å²) in [6.07, 6.45) is 0. The van der Waals surface area contributed by atoms with E-state index in [1.54, 1.807) is 0 Å². The number of benzene rings is 5. The lowest BCUT2D eigenvalue weighted by atomic mass is 10.0. The number of rotatable bonds is 4. The Morgan fingerprint density at radius 2 is 0.457 bits per heavy atom. The average Bonchev–Trinajstić information content (AvgIpc) is 3.14. The second-order valence-electron chi connectivity index (χ2n) is 11.5. The van der Waals surface area contributed by atoms with Gasteiger partial charge in [-0.25, -0.2) is 19.9 Å². The van der Waals surface area contributed by atoms with E-state index in [0.717, 1.165) is 88.6 Å². The Balaban J connectivity index is 1.10. The molecule has 0 saturated carbocycles. The largest absolute Gasteiger partial charge is 0.245 e. The monoisotopic (exact) mass is 586 g/mol. The molecule has 5 aromatic carbocycles. The van der Waals surface area contributed by atoms with Crippen LogP contribution in [0.25, 0.3) is 88.6 Å². The van der Waals surface area contributed by atoms with Crippen LogP contribution in [0.15, 0.2) is 158 Å². The maximum atomic E-state index is 5.13. The summed E-state index contributed by atoms with van der Waals surface area (Å²) in [5, 5.41) is 4.30. The quantitative estimate of drug-likeness (QED) is 0.193. The Bertz CT molecular complexity index is 2380. The molecule has 4 heterocycles. The van der Waals surface area contributed by atoms with Crippen LogP contribution in [0.1, 0.15) is 0 Å². The topological polar surface area (TPSA) is 51.6 Å².